The molecule has 1 amide bonds. The summed E-state index contributed by atoms with van der Waals surface area (Å²) in [6.45, 7) is 8.01. The third-order valence-electron chi connectivity index (χ3n) is 3.27. The third kappa shape index (κ3) is 4.84. The molecule has 4 heteroatoms. The van der Waals surface area contributed by atoms with Crippen LogP contribution in [0.15, 0.2) is 24.3 Å². The monoisotopic (exact) mass is 282 g/mol. The lowest BCUT2D eigenvalue weighted by Gasteiger charge is -2.27. The van der Waals surface area contributed by atoms with Gasteiger partial charge in [-0.2, -0.15) is 0 Å². The Bertz CT molecular complexity index is 440. The zero-order valence-corrected chi connectivity index (χ0v) is 12.8. The van der Waals surface area contributed by atoms with Gasteiger partial charge in [-0.1, -0.05) is 50.6 Å². The maximum atomic E-state index is 12.0. The van der Waals surface area contributed by atoms with E-state index in [-0.39, 0.29) is 23.4 Å². The Morgan fingerprint density at radius 2 is 1.95 bits per heavy atom. The molecule has 0 aliphatic carbocycles. The molecule has 0 aliphatic rings. The van der Waals surface area contributed by atoms with Gasteiger partial charge < -0.3 is 11.1 Å². The minimum absolute atomic E-state index is 0.0464. The average Bonchev–Trinajstić information content (AvgIpc) is 2.27. The first kappa shape index (κ1) is 16.0. The smallest absolute Gasteiger partial charge is 0.222 e. The van der Waals surface area contributed by atoms with Crippen molar-refractivity contribution in [1.82, 2.24) is 5.32 Å². The van der Waals surface area contributed by atoms with E-state index in [0.29, 0.717) is 11.4 Å². The SMILES string of the molecule is C[C@@H](NC(=O)CC(N)C(C)(C)C)c1ccccc1Cl. The van der Waals surface area contributed by atoms with E-state index >= 15 is 0 Å². The van der Waals surface area contributed by atoms with Gasteiger partial charge in [0.2, 0.25) is 5.91 Å². The average molecular weight is 283 g/mol. The van der Waals surface area contributed by atoms with Crippen LogP contribution < -0.4 is 11.1 Å². The van der Waals surface area contributed by atoms with Crippen molar-refractivity contribution in [3.63, 3.8) is 0 Å². The van der Waals surface area contributed by atoms with Gasteiger partial charge in [0.15, 0.2) is 0 Å². The fourth-order valence-corrected chi connectivity index (χ4v) is 2.01. The molecule has 0 heterocycles. The van der Waals surface area contributed by atoms with E-state index in [9.17, 15) is 4.79 Å². The Kier molecular flexibility index (Phi) is 5.39. The van der Waals surface area contributed by atoms with Gasteiger partial charge in [0.05, 0.1) is 6.04 Å². The Hall–Kier alpha value is -1.06. The molecular formula is C15H23ClN2O. The van der Waals surface area contributed by atoms with Gasteiger partial charge in [-0.25, -0.2) is 0 Å². The summed E-state index contributed by atoms with van der Waals surface area (Å²) in [5, 5.41) is 3.60. The molecule has 2 atom stereocenters. The fourth-order valence-electron chi connectivity index (χ4n) is 1.71. The lowest BCUT2D eigenvalue weighted by Crippen LogP contribution is -2.40. The molecule has 1 aromatic carbocycles. The summed E-state index contributed by atoms with van der Waals surface area (Å²) in [5.74, 6) is -0.0464. The van der Waals surface area contributed by atoms with Gasteiger partial charge in [-0.05, 0) is 24.0 Å². The van der Waals surface area contributed by atoms with E-state index in [0.717, 1.165) is 5.56 Å². The van der Waals surface area contributed by atoms with E-state index in [1.54, 1.807) is 0 Å². The summed E-state index contributed by atoms with van der Waals surface area (Å²) in [5.41, 5.74) is 6.85. The van der Waals surface area contributed by atoms with Crippen LogP contribution in [0.5, 0.6) is 0 Å². The molecule has 3 nitrogen and oxygen atoms in total. The molecule has 0 bridgehead atoms. The number of hydrogen-bond acceptors (Lipinski definition) is 2. The largest absolute Gasteiger partial charge is 0.349 e. The lowest BCUT2D eigenvalue weighted by atomic mass is 9.85. The maximum Gasteiger partial charge on any atom is 0.222 e. The van der Waals surface area contributed by atoms with Gasteiger partial charge in [0, 0.05) is 17.5 Å². The van der Waals surface area contributed by atoms with Gasteiger partial charge >= 0.3 is 0 Å². The first-order valence-corrected chi connectivity index (χ1v) is 6.89. The number of amides is 1. The normalized spacial score (nSPS) is 14.8. The van der Waals surface area contributed by atoms with Gasteiger partial charge in [-0.15, -0.1) is 0 Å². The van der Waals surface area contributed by atoms with Crippen LogP contribution >= 0.6 is 11.6 Å². The Morgan fingerprint density at radius 3 is 2.47 bits per heavy atom. The topological polar surface area (TPSA) is 55.1 Å². The molecule has 1 aromatic rings. The van der Waals surface area contributed by atoms with Crippen molar-refractivity contribution >= 4 is 17.5 Å². The zero-order valence-electron chi connectivity index (χ0n) is 12.0. The molecule has 1 rings (SSSR count). The Morgan fingerprint density at radius 1 is 1.37 bits per heavy atom. The standard InChI is InChI=1S/C15H23ClN2O/c1-10(11-7-5-6-8-12(11)16)18-14(19)9-13(17)15(2,3)4/h5-8,10,13H,9,17H2,1-4H3,(H,18,19)/t10-,13?/m1/s1. The lowest BCUT2D eigenvalue weighted by molar-refractivity contribution is -0.122. The molecular weight excluding hydrogens is 260 g/mol. The summed E-state index contributed by atoms with van der Waals surface area (Å²) in [4.78, 5) is 12.0. The molecule has 0 saturated heterocycles. The molecule has 0 spiro atoms. The van der Waals surface area contributed by atoms with Crippen molar-refractivity contribution < 1.29 is 4.79 Å². The summed E-state index contributed by atoms with van der Waals surface area (Å²) < 4.78 is 0. The molecule has 0 fully saturated rings. The molecule has 0 aromatic heterocycles. The molecule has 19 heavy (non-hydrogen) atoms. The van der Waals surface area contributed by atoms with Gasteiger partial charge in [0.25, 0.3) is 0 Å². The Balaban J connectivity index is 2.61. The summed E-state index contributed by atoms with van der Waals surface area (Å²) in [7, 11) is 0. The summed E-state index contributed by atoms with van der Waals surface area (Å²) >= 11 is 6.10. The highest BCUT2D eigenvalue weighted by atomic mass is 35.5. The molecule has 0 radical (unpaired) electrons. The number of nitrogens with two attached hydrogens (primary N) is 1. The van der Waals surface area contributed by atoms with Crippen molar-refractivity contribution in [2.24, 2.45) is 11.1 Å². The summed E-state index contributed by atoms with van der Waals surface area (Å²) in [6, 6.07) is 7.23. The van der Waals surface area contributed by atoms with Crippen LogP contribution in [0.3, 0.4) is 0 Å². The predicted molar refractivity (Wildman–Crippen MR) is 80.1 cm³/mol. The van der Waals surface area contributed by atoms with Crippen molar-refractivity contribution in [3.8, 4) is 0 Å². The predicted octanol–water partition coefficient (Wildman–Crippen LogP) is 3.28. The van der Waals surface area contributed by atoms with Crippen LogP contribution in [0.2, 0.25) is 5.02 Å². The van der Waals surface area contributed by atoms with Crippen LogP contribution in [0.4, 0.5) is 0 Å². The minimum Gasteiger partial charge on any atom is -0.349 e. The first-order chi connectivity index (χ1) is 8.71. The maximum absolute atomic E-state index is 12.0. The van der Waals surface area contributed by atoms with E-state index in [1.807, 2.05) is 52.0 Å². The van der Waals surface area contributed by atoms with Crippen LogP contribution in [-0.2, 0) is 4.79 Å². The van der Waals surface area contributed by atoms with Crippen molar-refractivity contribution in [1.29, 1.82) is 0 Å². The van der Waals surface area contributed by atoms with Crippen molar-refractivity contribution in [2.45, 2.75) is 46.2 Å². The number of hydrogen-bond donors (Lipinski definition) is 2. The highest BCUT2D eigenvalue weighted by molar-refractivity contribution is 6.31. The van der Waals surface area contributed by atoms with E-state index < -0.39 is 0 Å². The Labute approximate surface area is 120 Å². The van der Waals surface area contributed by atoms with Gasteiger partial charge in [-0.3, -0.25) is 4.79 Å². The van der Waals surface area contributed by atoms with E-state index in [4.69, 9.17) is 17.3 Å². The second kappa shape index (κ2) is 6.40. The minimum atomic E-state index is -0.161. The number of nitrogens with one attached hydrogen (secondary N) is 1. The molecule has 0 saturated carbocycles. The number of halogens is 1. The van der Waals surface area contributed by atoms with Crippen molar-refractivity contribution in [3.05, 3.63) is 34.9 Å². The van der Waals surface area contributed by atoms with E-state index in [2.05, 4.69) is 5.32 Å². The molecule has 106 valence electrons. The number of carbonyl (C=O) groups excluding carboxylic acids is 1. The second-order valence-corrected chi connectivity index (χ2v) is 6.39. The quantitative estimate of drug-likeness (QED) is 0.890. The zero-order chi connectivity index (χ0) is 14.6. The van der Waals surface area contributed by atoms with Crippen LogP contribution in [0, 0.1) is 5.41 Å². The third-order valence-corrected chi connectivity index (χ3v) is 3.61. The number of rotatable bonds is 4. The number of carbonyl (C=O) groups is 1. The fraction of sp³-hybridized carbons (Fsp3) is 0.533. The van der Waals surface area contributed by atoms with E-state index in [1.165, 1.54) is 0 Å². The van der Waals surface area contributed by atoms with Crippen LogP contribution in [0.1, 0.15) is 45.7 Å². The van der Waals surface area contributed by atoms with Crippen LogP contribution in [-0.4, -0.2) is 11.9 Å². The highest BCUT2D eigenvalue weighted by Gasteiger charge is 2.24. The molecule has 1 unspecified atom stereocenters. The number of benzene rings is 1. The highest BCUT2D eigenvalue weighted by Crippen LogP contribution is 2.23. The molecule has 3 N–H and O–H groups in total. The summed E-state index contributed by atoms with van der Waals surface area (Å²) in [6.07, 6.45) is 0.318. The van der Waals surface area contributed by atoms with Crippen molar-refractivity contribution in [2.75, 3.05) is 0 Å². The molecule has 0 aliphatic heterocycles. The van der Waals surface area contributed by atoms with Crippen LogP contribution in [0.25, 0.3) is 0 Å². The van der Waals surface area contributed by atoms with Gasteiger partial charge in [0.1, 0.15) is 0 Å². The first-order valence-electron chi connectivity index (χ1n) is 6.51. The second-order valence-electron chi connectivity index (χ2n) is 5.99.